The first-order valence-electron chi connectivity index (χ1n) is 8.08. The molecule has 1 aliphatic rings. The highest BCUT2D eigenvalue weighted by Gasteiger charge is 2.41. The number of rotatable bonds is 7. The van der Waals surface area contributed by atoms with Gasteiger partial charge in [0.25, 0.3) is 0 Å². The second-order valence-electron chi connectivity index (χ2n) is 6.11. The maximum Gasteiger partial charge on any atom is 0.320 e. The molecular weight excluding hydrogens is 316 g/mol. The molecular formula is C16H26N2O6. The molecule has 1 fully saturated rings. The van der Waals surface area contributed by atoms with Gasteiger partial charge in [-0.25, -0.2) is 0 Å². The van der Waals surface area contributed by atoms with Crippen LogP contribution in [0.5, 0.6) is 0 Å². The minimum atomic E-state index is -1.34. The molecule has 1 rings (SSSR count). The minimum absolute atomic E-state index is 0.178. The molecule has 3 N–H and O–H groups in total. The predicted molar refractivity (Wildman–Crippen MR) is 84.4 cm³/mol. The Labute approximate surface area is 141 Å². The van der Waals surface area contributed by atoms with Crippen LogP contribution in [-0.4, -0.2) is 44.0 Å². The quantitative estimate of drug-likeness (QED) is 0.501. The molecule has 1 saturated carbocycles. The zero-order chi connectivity index (χ0) is 18.3. The lowest BCUT2D eigenvalue weighted by Crippen LogP contribution is -2.54. The Morgan fingerprint density at radius 2 is 1.50 bits per heavy atom. The van der Waals surface area contributed by atoms with Gasteiger partial charge in [-0.05, 0) is 12.8 Å². The van der Waals surface area contributed by atoms with E-state index in [2.05, 4.69) is 14.8 Å². The van der Waals surface area contributed by atoms with Crippen LogP contribution in [0.2, 0.25) is 0 Å². The highest BCUT2D eigenvalue weighted by molar-refractivity contribution is 5.97. The fourth-order valence-corrected chi connectivity index (χ4v) is 3.07. The van der Waals surface area contributed by atoms with Crippen molar-refractivity contribution in [3.63, 3.8) is 0 Å². The lowest BCUT2D eigenvalue weighted by molar-refractivity contribution is -0.162. The van der Waals surface area contributed by atoms with E-state index in [9.17, 15) is 19.2 Å². The predicted octanol–water partition coefficient (Wildman–Crippen LogP) is 0.135. The van der Waals surface area contributed by atoms with Crippen molar-refractivity contribution in [2.24, 2.45) is 23.5 Å². The molecule has 24 heavy (non-hydrogen) atoms. The van der Waals surface area contributed by atoms with Gasteiger partial charge in [0, 0.05) is 11.8 Å². The Balaban J connectivity index is 2.91. The second kappa shape index (κ2) is 9.24. The molecule has 8 heteroatoms. The van der Waals surface area contributed by atoms with Crippen LogP contribution in [0.4, 0.5) is 0 Å². The van der Waals surface area contributed by atoms with Crippen LogP contribution in [0, 0.1) is 17.8 Å². The largest absolute Gasteiger partial charge is 0.468 e. The van der Waals surface area contributed by atoms with Crippen molar-refractivity contribution < 1.29 is 28.7 Å². The van der Waals surface area contributed by atoms with E-state index in [1.807, 2.05) is 0 Å². The molecule has 0 aromatic carbocycles. The third-order valence-electron chi connectivity index (χ3n) is 4.54. The van der Waals surface area contributed by atoms with E-state index in [4.69, 9.17) is 5.73 Å². The van der Waals surface area contributed by atoms with Crippen LogP contribution in [0.1, 0.15) is 39.0 Å². The second-order valence-corrected chi connectivity index (χ2v) is 6.11. The standard InChI is InChI=1S/C16H26N2O6/c1-9(11(15(21)23-2)16(22)24-3)12(13(17)19)18-14(20)10-7-5-4-6-8-10/h9-12H,4-8H2,1-3H3,(H2,17,19)(H,18,20)/t9-,12+/m1/s1. The van der Waals surface area contributed by atoms with Gasteiger partial charge in [0.1, 0.15) is 6.04 Å². The number of nitrogens with two attached hydrogens (primary N) is 1. The molecule has 2 amide bonds. The molecule has 0 heterocycles. The van der Waals surface area contributed by atoms with Gasteiger partial charge in [-0.15, -0.1) is 0 Å². The lowest BCUT2D eigenvalue weighted by atomic mass is 9.85. The minimum Gasteiger partial charge on any atom is -0.468 e. The molecule has 2 atom stereocenters. The normalized spacial score (nSPS) is 17.7. The Morgan fingerprint density at radius 3 is 1.92 bits per heavy atom. The van der Waals surface area contributed by atoms with Crippen molar-refractivity contribution in [1.82, 2.24) is 5.32 Å². The van der Waals surface area contributed by atoms with Gasteiger partial charge in [0.05, 0.1) is 14.2 Å². The Bertz CT molecular complexity index is 471. The smallest absolute Gasteiger partial charge is 0.320 e. The topological polar surface area (TPSA) is 125 Å². The summed E-state index contributed by atoms with van der Waals surface area (Å²) >= 11 is 0. The monoisotopic (exact) mass is 342 g/mol. The van der Waals surface area contributed by atoms with Gasteiger partial charge < -0.3 is 20.5 Å². The Kier molecular flexibility index (Phi) is 7.67. The summed E-state index contributed by atoms with van der Waals surface area (Å²) in [4.78, 5) is 47.9. The van der Waals surface area contributed by atoms with Gasteiger partial charge in [0.2, 0.25) is 11.8 Å². The number of hydrogen-bond acceptors (Lipinski definition) is 6. The van der Waals surface area contributed by atoms with Gasteiger partial charge in [0.15, 0.2) is 5.92 Å². The fraction of sp³-hybridized carbons (Fsp3) is 0.750. The molecule has 8 nitrogen and oxygen atoms in total. The van der Waals surface area contributed by atoms with Gasteiger partial charge in [-0.1, -0.05) is 26.2 Å². The van der Waals surface area contributed by atoms with Crippen LogP contribution < -0.4 is 11.1 Å². The molecule has 0 aromatic rings. The highest BCUT2D eigenvalue weighted by Crippen LogP contribution is 2.25. The number of methoxy groups -OCH3 is 2. The van der Waals surface area contributed by atoms with Gasteiger partial charge >= 0.3 is 11.9 Å². The van der Waals surface area contributed by atoms with E-state index >= 15 is 0 Å². The number of esters is 2. The first kappa shape index (κ1) is 19.9. The van der Waals surface area contributed by atoms with E-state index in [1.165, 1.54) is 6.92 Å². The number of carbonyl (C=O) groups excluding carboxylic acids is 4. The van der Waals surface area contributed by atoms with Crippen LogP contribution in [0.3, 0.4) is 0 Å². The summed E-state index contributed by atoms with van der Waals surface area (Å²) in [6.07, 6.45) is 4.52. The molecule has 0 spiro atoms. The number of ether oxygens (including phenoxy) is 2. The van der Waals surface area contributed by atoms with Crippen molar-refractivity contribution in [3.8, 4) is 0 Å². The van der Waals surface area contributed by atoms with Crippen LogP contribution >= 0.6 is 0 Å². The molecule has 0 bridgehead atoms. The first-order chi connectivity index (χ1) is 11.3. The van der Waals surface area contributed by atoms with E-state index in [0.29, 0.717) is 0 Å². The number of nitrogens with one attached hydrogen (secondary N) is 1. The maximum absolute atomic E-state index is 12.4. The van der Waals surface area contributed by atoms with Gasteiger partial charge in [-0.3, -0.25) is 19.2 Å². The van der Waals surface area contributed by atoms with Crippen LogP contribution in [-0.2, 0) is 28.7 Å². The number of primary amides is 1. The summed E-state index contributed by atoms with van der Waals surface area (Å²) in [5.41, 5.74) is 5.38. The molecule has 0 unspecified atom stereocenters. The summed E-state index contributed by atoms with van der Waals surface area (Å²) in [5.74, 6) is -5.19. The maximum atomic E-state index is 12.4. The molecule has 136 valence electrons. The van der Waals surface area contributed by atoms with Crippen molar-refractivity contribution in [3.05, 3.63) is 0 Å². The molecule has 0 saturated heterocycles. The summed E-state index contributed by atoms with van der Waals surface area (Å²) < 4.78 is 9.21. The Hall–Kier alpha value is -2.12. The highest BCUT2D eigenvalue weighted by atomic mass is 16.5. The van der Waals surface area contributed by atoms with E-state index in [0.717, 1.165) is 46.3 Å². The summed E-state index contributed by atoms with van der Waals surface area (Å²) in [7, 11) is 2.26. The third kappa shape index (κ3) is 4.94. The lowest BCUT2D eigenvalue weighted by Gasteiger charge is -2.29. The van der Waals surface area contributed by atoms with Crippen molar-refractivity contribution >= 4 is 23.8 Å². The van der Waals surface area contributed by atoms with E-state index in [1.54, 1.807) is 0 Å². The van der Waals surface area contributed by atoms with Crippen LogP contribution in [0.15, 0.2) is 0 Å². The van der Waals surface area contributed by atoms with Crippen molar-refractivity contribution in [2.75, 3.05) is 14.2 Å². The van der Waals surface area contributed by atoms with E-state index in [-0.39, 0.29) is 11.8 Å². The van der Waals surface area contributed by atoms with Crippen molar-refractivity contribution in [1.29, 1.82) is 0 Å². The summed E-state index contributed by atoms with van der Waals surface area (Å²) in [6, 6.07) is -1.16. The number of amides is 2. The average Bonchev–Trinajstić information content (AvgIpc) is 2.59. The Morgan fingerprint density at radius 1 is 1.00 bits per heavy atom. The zero-order valence-corrected chi connectivity index (χ0v) is 14.4. The third-order valence-corrected chi connectivity index (χ3v) is 4.54. The summed E-state index contributed by atoms with van der Waals surface area (Å²) in [6.45, 7) is 1.48. The fourth-order valence-electron chi connectivity index (χ4n) is 3.07. The molecule has 0 aromatic heterocycles. The van der Waals surface area contributed by atoms with Crippen molar-refractivity contribution in [2.45, 2.75) is 45.1 Å². The first-order valence-corrected chi connectivity index (χ1v) is 8.08. The molecule has 1 aliphatic carbocycles. The number of hydrogen-bond donors (Lipinski definition) is 2. The summed E-state index contributed by atoms with van der Waals surface area (Å²) in [5, 5.41) is 2.60. The zero-order valence-electron chi connectivity index (χ0n) is 14.4. The molecule has 0 radical (unpaired) electrons. The molecule has 0 aliphatic heterocycles. The van der Waals surface area contributed by atoms with Crippen LogP contribution in [0.25, 0.3) is 0 Å². The van der Waals surface area contributed by atoms with Gasteiger partial charge in [-0.2, -0.15) is 0 Å². The SMILES string of the molecule is COC(=O)C(C(=O)OC)[C@@H](C)[C@H](NC(=O)C1CCCCC1)C(N)=O. The van der Waals surface area contributed by atoms with E-state index < -0.39 is 35.7 Å². The number of carbonyl (C=O) groups is 4. The average molecular weight is 342 g/mol.